The molecule has 0 heterocycles. The molecule has 0 aromatic heterocycles. The van der Waals surface area contributed by atoms with E-state index in [2.05, 4.69) is 53.0 Å². The summed E-state index contributed by atoms with van der Waals surface area (Å²) in [5, 5.41) is 11.3. The second-order valence-electron chi connectivity index (χ2n) is 8.13. The van der Waals surface area contributed by atoms with Crippen molar-refractivity contribution in [2.45, 2.75) is 58.2 Å². The molecule has 0 saturated carbocycles. The Morgan fingerprint density at radius 2 is 1.68 bits per heavy atom. The summed E-state index contributed by atoms with van der Waals surface area (Å²) >= 11 is 0. The third-order valence-corrected chi connectivity index (χ3v) is 11.9. The summed E-state index contributed by atoms with van der Waals surface area (Å²) in [4.78, 5) is 0. The average molecular weight is 403 g/mol. The lowest BCUT2D eigenvalue weighted by Crippen LogP contribution is -2.43. The lowest BCUT2D eigenvalue weighted by Gasteiger charge is -2.38. The van der Waals surface area contributed by atoms with Gasteiger partial charge < -0.3 is 14.6 Å². The molecule has 0 bridgehead atoms. The van der Waals surface area contributed by atoms with Crippen LogP contribution < -0.4 is 4.74 Å². The Hall–Kier alpha value is -2.03. The van der Waals surface area contributed by atoms with Crippen LogP contribution in [0.4, 0.5) is 4.39 Å². The molecule has 3 nitrogen and oxygen atoms in total. The molecule has 5 heteroatoms. The molecule has 28 heavy (non-hydrogen) atoms. The van der Waals surface area contributed by atoms with Crippen LogP contribution >= 0.6 is 0 Å². The number of benzene rings is 2. The van der Waals surface area contributed by atoms with E-state index < -0.39 is 13.9 Å². The summed E-state index contributed by atoms with van der Waals surface area (Å²) in [5.41, 5.74) is 5.77. The van der Waals surface area contributed by atoms with Crippen LogP contribution in [0.1, 0.15) is 47.1 Å². The smallest absolute Gasteiger partial charge is 0.188 e. The second-order valence-corrected chi connectivity index (χ2v) is 13.7. The van der Waals surface area contributed by atoms with Crippen molar-refractivity contribution in [2.75, 3.05) is 13.9 Å². The van der Waals surface area contributed by atoms with E-state index in [1.807, 2.05) is 6.07 Å². The molecule has 0 radical (unpaired) electrons. The van der Waals surface area contributed by atoms with Gasteiger partial charge in [-0.1, -0.05) is 59.6 Å². The highest BCUT2D eigenvalue weighted by Crippen LogP contribution is 2.41. The Bertz CT molecular complexity index is 872. The van der Waals surface area contributed by atoms with Crippen molar-refractivity contribution in [3.05, 3.63) is 35.6 Å². The van der Waals surface area contributed by atoms with Gasteiger partial charge in [0.1, 0.15) is 13.8 Å². The summed E-state index contributed by atoms with van der Waals surface area (Å²) < 4.78 is 24.9. The quantitative estimate of drug-likeness (QED) is 0.353. The molecule has 1 N–H and O–H groups in total. The number of ether oxygens (including phenoxy) is 2. The van der Waals surface area contributed by atoms with E-state index in [-0.39, 0.29) is 18.3 Å². The van der Waals surface area contributed by atoms with Crippen molar-refractivity contribution in [1.29, 1.82) is 0 Å². The van der Waals surface area contributed by atoms with Crippen LogP contribution in [0.2, 0.25) is 16.6 Å². The topological polar surface area (TPSA) is 38.7 Å². The van der Waals surface area contributed by atoms with Gasteiger partial charge in [0.2, 0.25) is 0 Å². The van der Waals surface area contributed by atoms with Gasteiger partial charge in [0.25, 0.3) is 0 Å². The third kappa shape index (κ3) is 4.04. The first-order chi connectivity index (χ1) is 13.2. The highest BCUT2D eigenvalue weighted by Gasteiger charge is 2.41. The van der Waals surface area contributed by atoms with Crippen LogP contribution in [0.5, 0.6) is 11.5 Å². The first-order valence-corrected chi connectivity index (χ1v) is 12.0. The van der Waals surface area contributed by atoms with E-state index in [0.717, 1.165) is 0 Å². The van der Waals surface area contributed by atoms with Gasteiger partial charge in [0, 0.05) is 29.5 Å². The van der Waals surface area contributed by atoms with Crippen LogP contribution in [-0.2, 0) is 4.74 Å². The molecule has 0 aliphatic heterocycles. The molecule has 0 spiro atoms. The van der Waals surface area contributed by atoms with Gasteiger partial charge in [-0.05, 0) is 22.7 Å². The number of rotatable bonds is 6. The van der Waals surface area contributed by atoms with Crippen molar-refractivity contribution in [3.63, 3.8) is 0 Å². The van der Waals surface area contributed by atoms with Crippen LogP contribution in [0.25, 0.3) is 10.8 Å². The maximum absolute atomic E-state index is 14.9. The van der Waals surface area contributed by atoms with Gasteiger partial charge in [-0.25, -0.2) is 4.39 Å². The minimum atomic E-state index is -1.93. The summed E-state index contributed by atoms with van der Waals surface area (Å²) in [6.45, 7) is 13.4. The predicted molar refractivity (Wildman–Crippen MR) is 116 cm³/mol. The van der Waals surface area contributed by atoms with Crippen molar-refractivity contribution in [2.24, 2.45) is 0 Å². The molecule has 0 unspecified atom stereocenters. The van der Waals surface area contributed by atoms with Gasteiger partial charge >= 0.3 is 0 Å². The largest absolute Gasteiger partial charge is 0.507 e. The van der Waals surface area contributed by atoms with Crippen molar-refractivity contribution in [1.82, 2.24) is 0 Å². The number of aromatic hydroxyl groups is 1. The molecule has 2 aromatic rings. The molecule has 0 saturated heterocycles. The summed E-state index contributed by atoms with van der Waals surface area (Å²) in [7, 11) is -0.476. The minimum Gasteiger partial charge on any atom is -0.507 e. The molecule has 2 rings (SSSR count). The Morgan fingerprint density at radius 3 is 2.21 bits per heavy atom. The summed E-state index contributed by atoms with van der Waals surface area (Å²) in [6, 6.07) is 6.52. The predicted octanol–water partition coefficient (Wildman–Crippen LogP) is 6.24. The number of methoxy groups -OCH3 is 1. The minimum absolute atomic E-state index is 0.0350. The molecule has 2 aromatic carbocycles. The highest BCUT2D eigenvalue weighted by atomic mass is 28.3. The maximum atomic E-state index is 14.9. The fourth-order valence-electron chi connectivity index (χ4n) is 4.34. The molecule has 0 atom stereocenters. The van der Waals surface area contributed by atoms with Crippen LogP contribution in [0.15, 0.2) is 24.3 Å². The monoisotopic (exact) mass is 402 g/mol. The molecule has 0 fully saturated rings. The van der Waals surface area contributed by atoms with E-state index in [4.69, 9.17) is 9.47 Å². The molecule has 0 aliphatic rings. The molecule has 152 valence electrons. The first kappa shape index (κ1) is 22.3. The van der Waals surface area contributed by atoms with Gasteiger partial charge in [-0.3, -0.25) is 0 Å². The number of phenolic OH excluding ortho intramolecular Hbond substituents is 1. The maximum Gasteiger partial charge on any atom is 0.188 e. The zero-order chi connectivity index (χ0) is 21.1. The van der Waals surface area contributed by atoms with Crippen molar-refractivity contribution >= 4 is 18.8 Å². The Balaban J connectivity index is 2.67. The molecule has 0 aliphatic carbocycles. The zero-order valence-electron chi connectivity index (χ0n) is 17.9. The fraction of sp³-hybridized carbons (Fsp3) is 0.478. The highest BCUT2D eigenvalue weighted by molar-refractivity contribution is 6.90. The van der Waals surface area contributed by atoms with Gasteiger partial charge in [-0.2, -0.15) is 0 Å². The lowest BCUT2D eigenvalue weighted by atomic mass is 10.0. The number of fused-ring (bicyclic) bond motifs is 1. The van der Waals surface area contributed by atoms with E-state index in [1.165, 1.54) is 13.2 Å². The lowest BCUT2D eigenvalue weighted by molar-refractivity contribution is 0.0484. The Morgan fingerprint density at radius 1 is 1.07 bits per heavy atom. The average Bonchev–Trinajstić information content (AvgIpc) is 2.63. The van der Waals surface area contributed by atoms with E-state index in [9.17, 15) is 9.50 Å². The van der Waals surface area contributed by atoms with Crippen LogP contribution in [-0.4, -0.2) is 27.1 Å². The standard InChI is InChI=1S/C23H31FO3Si/c1-15(2)28(16(3)4,17(5)6)12-11-18-9-8-10-19-22(18)20(25)13-21(23(19)24)27-14-26-7/h8-10,13,15-17,25H,14H2,1-7H3. The SMILES string of the molecule is COCOc1cc(O)c2c(C#C[Si](C(C)C)(C(C)C)C(C)C)cccc2c1F. The van der Waals surface area contributed by atoms with E-state index in [1.54, 1.807) is 12.1 Å². The summed E-state index contributed by atoms with van der Waals surface area (Å²) in [5.74, 6) is 2.72. The van der Waals surface area contributed by atoms with Gasteiger partial charge in [0.15, 0.2) is 18.4 Å². The molecular weight excluding hydrogens is 371 g/mol. The van der Waals surface area contributed by atoms with E-state index >= 15 is 0 Å². The van der Waals surface area contributed by atoms with E-state index in [0.29, 0.717) is 33.0 Å². The summed E-state index contributed by atoms with van der Waals surface area (Å²) in [6.07, 6.45) is 0. The zero-order valence-corrected chi connectivity index (χ0v) is 18.9. The van der Waals surface area contributed by atoms with Crippen molar-refractivity contribution in [3.8, 4) is 23.0 Å². The number of halogens is 1. The molecule has 0 amide bonds. The number of hydrogen-bond donors (Lipinski definition) is 1. The first-order valence-electron chi connectivity index (χ1n) is 9.75. The van der Waals surface area contributed by atoms with Gasteiger partial charge in [0.05, 0.1) is 0 Å². The normalized spacial score (nSPS) is 12.0. The Kier molecular flexibility index (Phi) is 7.14. The number of phenols is 1. The fourth-order valence-corrected chi connectivity index (χ4v) is 9.56. The van der Waals surface area contributed by atoms with Crippen molar-refractivity contribution < 1.29 is 19.0 Å². The Labute approximate surface area is 168 Å². The van der Waals surface area contributed by atoms with Crippen LogP contribution in [0, 0.1) is 17.3 Å². The molecular formula is C23H31FO3Si. The third-order valence-electron chi connectivity index (χ3n) is 5.65. The number of hydrogen-bond acceptors (Lipinski definition) is 3. The van der Waals surface area contributed by atoms with Gasteiger partial charge in [-0.15, -0.1) is 5.54 Å². The van der Waals surface area contributed by atoms with Crippen LogP contribution in [0.3, 0.4) is 0 Å². The second kappa shape index (κ2) is 8.98.